The fourth-order valence-corrected chi connectivity index (χ4v) is 8.56. The summed E-state index contributed by atoms with van der Waals surface area (Å²) >= 11 is 0. The van der Waals surface area contributed by atoms with E-state index in [1.165, 1.54) is 118 Å². The van der Waals surface area contributed by atoms with E-state index < -0.39 is 23.3 Å². The van der Waals surface area contributed by atoms with Crippen molar-refractivity contribution in [1.29, 1.82) is 0 Å². The number of rotatable bonds is 6. The molecule has 0 bridgehead atoms. The smallest absolute Gasteiger partial charge is 0.126 e. The van der Waals surface area contributed by atoms with E-state index in [0.29, 0.717) is 17.0 Å². The lowest BCUT2D eigenvalue weighted by Gasteiger charge is -2.38. The molecule has 4 aromatic carbocycles. The first-order chi connectivity index (χ1) is 23.4. The van der Waals surface area contributed by atoms with Crippen LogP contribution in [0, 0.1) is 46.9 Å². The zero-order valence-corrected chi connectivity index (χ0v) is 27.8. The zero-order chi connectivity index (χ0) is 33.0. The first-order valence-electron chi connectivity index (χ1n) is 18.2. The van der Waals surface area contributed by atoms with Gasteiger partial charge in [-0.3, -0.25) is 0 Å². The molecule has 0 aromatic heterocycles. The molecule has 4 heteroatoms. The van der Waals surface area contributed by atoms with Crippen molar-refractivity contribution >= 4 is 5.57 Å². The Labute approximate surface area is 283 Å². The Morgan fingerprint density at radius 1 is 0.396 bits per heavy atom. The minimum atomic E-state index is -0.536. The molecule has 48 heavy (non-hydrogen) atoms. The topological polar surface area (TPSA) is 0 Å². The van der Waals surface area contributed by atoms with Gasteiger partial charge in [0.25, 0.3) is 0 Å². The van der Waals surface area contributed by atoms with E-state index >= 15 is 0 Å². The third kappa shape index (κ3) is 7.80. The maximum Gasteiger partial charge on any atom is 0.126 e. The summed E-state index contributed by atoms with van der Waals surface area (Å²) < 4.78 is 53.5. The van der Waals surface area contributed by atoms with E-state index in [-0.39, 0.29) is 0 Å². The van der Waals surface area contributed by atoms with Gasteiger partial charge in [0, 0.05) is 12.1 Å². The Kier molecular flexibility index (Phi) is 10.2. The van der Waals surface area contributed by atoms with Gasteiger partial charge in [0.2, 0.25) is 0 Å². The molecule has 0 saturated heterocycles. The molecule has 4 aliphatic carbocycles. The van der Waals surface area contributed by atoms with Crippen molar-refractivity contribution in [2.45, 2.75) is 89.4 Å². The minimum Gasteiger partial charge on any atom is -0.207 e. The zero-order valence-electron chi connectivity index (χ0n) is 27.8. The summed E-state index contributed by atoms with van der Waals surface area (Å²) in [6, 6.07) is 23.7. The lowest BCUT2D eigenvalue weighted by Crippen LogP contribution is -2.25. The molecule has 250 valence electrons. The van der Waals surface area contributed by atoms with Gasteiger partial charge in [0.05, 0.1) is 0 Å². The SMILES string of the molecule is Fc1cc(F)cc(-c2ccc(C3=CCC(C4CCC4)CC3)cc2)c1.Fc1cc(F)cc(-c2ccc(C3CCC(C4CCC4)CC3)cc2)c1. The van der Waals surface area contributed by atoms with Crippen molar-refractivity contribution in [2.24, 2.45) is 23.7 Å². The number of hydrogen-bond donors (Lipinski definition) is 0. The van der Waals surface area contributed by atoms with Crippen LogP contribution in [0.15, 0.2) is 91.0 Å². The largest absolute Gasteiger partial charge is 0.207 e. The van der Waals surface area contributed by atoms with Gasteiger partial charge in [-0.2, -0.15) is 0 Å². The predicted molar refractivity (Wildman–Crippen MR) is 188 cm³/mol. The average molecular weight is 651 g/mol. The molecule has 0 N–H and O–H groups in total. The highest BCUT2D eigenvalue weighted by atomic mass is 19.1. The van der Waals surface area contributed by atoms with E-state index in [2.05, 4.69) is 30.3 Å². The van der Waals surface area contributed by atoms with Gasteiger partial charge < -0.3 is 0 Å². The van der Waals surface area contributed by atoms with Crippen LogP contribution in [0.2, 0.25) is 0 Å². The van der Waals surface area contributed by atoms with Gasteiger partial charge in [0.15, 0.2) is 0 Å². The molecule has 4 aliphatic rings. The van der Waals surface area contributed by atoms with Crippen LogP contribution in [-0.4, -0.2) is 0 Å². The molecule has 0 amide bonds. The predicted octanol–water partition coefficient (Wildman–Crippen LogP) is 13.3. The first kappa shape index (κ1) is 32.9. The van der Waals surface area contributed by atoms with E-state index in [4.69, 9.17) is 0 Å². The van der Waals surface area contributed by atoms with Crippen LogP contribution >= 0.6 is 0 Å². The van der Waals surface area contributed by atoms with E-state index in [9.17, 15) is 17.6 Å². The normalized spacial score (nSPS) is 22.9. The van der Waals surface area contributed by atoms with Crippen molar-refractivity contribution < 1.29 is 17.6 Å². The summed E-state index contributed by atoms with van der Waals surface area (Å²) in [5, 5.41) is 0. The molecule has 1 atom stereocenters. The molecule has 0 radical (unpaired) electrons. The highest BCUT2D eigenvalue weighted by molar-refractivity contribution is 5.71. The third-order valence-corrected chi connectivity index (χ3v) is 11.9. The first-order valence-corrected chi connectivity index (χ1v) is 18.2. The van der Waals surface area contributed by atoms with Crippen LogP contribution in [0.3, 0.4) is 0 Å². The maximum atomic E-state index is 13.4. The lowest BCUT2D eigenvalue weighted by atomic mass is 9.67. The van der Waals surface area contributed by atoms with Gasteiger partial charge in [0.1, 0.15) is 23.3 Å². The van der Waals surface area contributed by atoms with Gasteiger partial charge in [-0.1, -0.05) is 93.1 Å². The van der Waals surface area contributed by atoms with Gasteiger partial charge in [-0.25, -0.2) is 17.6 Å². The number of benzene rings is 4. The summed E-state index contributed by atoms with van der Waals surface area (Å²) in [5.74, 6) is 2.36. The standard InChI is InChI=1S/C22H24F2.C22H22F2/c2*23-21-12-20(13-22(24)14-21)19-10-8-18(9-11-19)17-6-4-16(5-7-17)15-2-1-3-15/h8-17H,1-7H2;6,8-16H,1-5,7H2. The molecule has 0 heterocycles. The summed E-state index contributed by atoms with van der Waals surface area (Å²) in [6.45, 7) is 0. The van der Waals surface area contributed by atoms with Gasteiger partial charge in [-0.05, 0) is 138 Å². The summed E-state index contributed by atoms with van der Waals surface area (Å²) in [7, 11) is 0. The van der Waals surface area contributed by atoms with Gasteiger partial charge >= 0.3 is 0 Å². The fraction of sp³-hybridized carbons (Fsp3) is 0.409. The molecule has 1 unspecified atom stereocenters. The fourth-order valence-electron chi connectivity index (χ4n) is 8.56. The van der Waals surface area contributed by atoms with Crippen molar-refractivity contribution in [3.8, 4) is 22.3 Å². The van der Waals surface area contributed by atoms with Crippen LogP contribution in [0.4, 0.5) is 17.6 Å². The van der Waals surface area contributed by atoms with E-state index in [1.807, 2.05) is 24.3 Å². The van der Waals surface area contributed by atoms with Crippen LogP contribution in [0.5, 0.6) is 0 Å². The van der Waals surface area contributed by atoms with Crippen LogP contribution < -0.4 is 0 Å². The molecular formula is C44H46F4. The number of halogens is 4. The molecule has 3 saturated carbocycles. The molecule has 0 spiro atoms. The lowest BCUT2D eigenvalue weighted by molar-refractivity contribution is 0.154. The summed E-state index contributed by atoms with van der Waals surface area (Å²) in [5.41, 5.74) is 6.95. The van der Waals surface area contributed by atoms with Crippen LogP contribution in [0.1, 0.15) is 101 Å². The van der Waals surface area contributed by atoms with Crippen molar-refractivity contribution in [2.75, 3.05) is 0 Å². The van der Waals surface area contributed by atoms with Crippen molar-refractivity contribution in [3.05, 3.63) is 125 Å². The second-order valence-electron chi connectivity index (χ2n) is 14.8. The Morgan fingerprint density at radius 3 is 1.27 bits per heavy atom. The Morgan fingerprint density at radius 2 is 0.833 bits per heavy atom. The monoisotopic (exact) mass is 650 g/mol. The molecule has 3 fully saturated rings. The van der Waals surface area contributed by atoms with Gasteiger partial charge in [-0.15, -0.1) is 0 Å². The summed E-state index contributed by atoms with van der Waals surface area (Å²) in [4.78, 5) is 0. The van der Waals surface area contributed by atoms with E-state index in [1.54, 1.807) is 0 Å². The number of hydrogen-bond acceptors (Lipinski definition) is 0. The quantitative estimate of drug-likeness (QED) is 0.182. The van der Waals surface area contributed by atoms with Crippen molar-refractivity contribution in [3.63, 3.8) is 0 Å². The third-order valence-electron chi connectivity index (χ3n) is 11.9. The van der Waals surface area contributed by atoms with E-state index in [0.717, 1.165) is 53.4 Å². The average Bonchev–Trinajstić information content (AvgIpc) is 3.04. The molecule has 4 aromatic rings. The Hall–Kier alpha value is -3.66. The highest BCUT2D eigenvalue weighted by Gasteiger charge is 2.31. The Bertz CT molecular complexity index is 1660. The molecule has 8 rings (SSSR count). The van der Waals surface area contributed by atoms with Crippen molar-refractivity contribution in [1.82, 2.24) is 0 Å². The second kappa shape index (κ2) is 14.8. The molecule has 0 nitrogen and oxygen atoms in total. The maximum absolute atomic E-state index is 13.4. The molecular weight excluding hydrogens is 604 g/mol. The minimum absolute atomic E-state index is 0.525. The van der Waals surface area contributed by atoms with Crippen LogP contribution in [0.25, 0.3) is 27.8 Å². The second-order valence-corrected chi connectivity index (χ2v) is 14.8. The molecule has 0 aliphatic heterocycles. The Balaban J connectivity index is 0.000000152. The summed E-state index contributed by atoms with van der Waals surface area (Å²) in [6.07, 6.45) is 20.0. The highest BCUT2D eigenvalue weighted by Crippen LogP contribution is 2.45. The number of allylic oxidation sites excluding steroid dienone is 2. The van der Waals surface area contributed by atoms with Crippen LogP contribution in [-0.2, 0) is 0 Å².